The van der Waals surface area contributed by atoms with E-state index in [9.17, 15) is 18.0 Å². The Morgan fingerprint density at radius 3 is 2.06 bits per heavy atom. The summed E-state index contributed by atoms with van der Waals surface area (Å²) in [4.78, 5) is 25.2. The van der Waals surface area contributed by atoms with Crippen molar-refractivity contribution in [3.05, 3.63) is 36.4 Å². The Bertz CT molecular complexity index is 1100. The molecule has 0 heterocycles. The second-order valence-corrected chi connectivity index (χ2v) is 9.06. The van der Waals surface area contributed by atoms with Gasteiger partial charge in [-0.15, -0.1) is 0 Å². The number of methoxy groups -OCH3 is 4. The monoisotopic (exact) mass is 480 g/mol. The van der Waals surface area contributed by atoms with Crippen molar-refractivity contribution in [3.63, 3.8) is 0 Å². The van der Waals surface area contributed by atoms with Crippen molar-refractivity contribution in [2.45, 2.75) is 18.6 Å². The molecule has 1 atom stereocenters. The Morgan fingerprint density at radius 2 is 1.48 bits per heavy atom. The van der Waals surface area contributed by atoms with Crippen LogP contribution in [0.3, 0.4) is 0 Å². The van der Waals surface area contributed by atoms with Crippen LogP contribution in [0.1, 0.15) is 13.3 Å². The van der Waals surface area contributed by atoms with Crippen molar-refractivity contribution in [2.24, 2.45) is 0 Å². The first kappa shape index (κ1) is 25.8. The van der Waals surface area contributed by atoms with Gasteiger partial charge >= 0.3 is 0 Å². The molecule has 0 saturated heterocycles. The lowest BCUT2D eigenvalue weighted by molar-refractivity contribution is -0.115. The van der Waals surface area contributed by atoms with Crippen molar-refractivity contribution < 1.29 is 37.0 Å². The highest BCUT2D eigenvalue weighted by molar-refractivity contribution is 7.93. The van der Waals surface area contributed by atoms with E-state index < -0.39 is 32.7 Å². The van der Waals surface area contributed by atoms with Crippen LogP contribution in [-0.4, -0.2) is 59.7 Å². The zero-order valence-corrected chi connectivity index (χ0v) is 19.9. The summed E-state index contributed by atoms with van der Waals surface area (Å²) in [6, 6.07) is 9.36. The highest BCUT2D eigenvalue weighted by Crippen LogP contribution is 2.30. The summed E-state index contributed by atoms with van der Waals surface area (Å²) >= 11 is 0. The molecule has 0 aromatic heterocycles. The van der Waals surface area contributed by atoms with E-state index in [2.05, 4.69) is 10.6 Å². The summed E-state index contributed by atoms with van der Waals surface area (Å²) in [5, 5.41) is 3.62. The number of ether oxygens (including phenoxy) is 4. The molecule has 0 saturated carbocycles. The van der Waals surface area contributed by atoms with E-state index in [-0.39, 0.29) is 12.1 Å². The standard InChI is InChI=1S/C22H28N2O8S/c1-6-20(22(26)24-16-12-15(29-2)8-10-17(16)30-3)33(27,28)13-21(25)23-14-7-9-18(31-4)19(11-14)32-5/h7-12,20H,6,13H2,1-5H3,(H,23,25)(H,24,26). The summed E-state index contributed by atoms with van der Waals surface area (Å²) in [5.41, 5.74) is 0.580. The van der Waals surface area contributed by atoms with Gasteiger partial charge in [0.05, 0.1) is 34.1 Å². The SMILES string of the molecule is CCC(C(=O)Nc1cc(OC)ccc1OC)S(=O)(=O)CC(=O)Nc1ccc(OC)c(OC)c1. The van der Waals surface area contributed by atoms with Crippen LogP contribution < -0.4 is 29.6 Å². The summed E-state index contributed by atoms with van der Waals surface area (Å²) in [6.45, 7) is 1.55. The molecule has 11 heteroatoms. The molecule has 0 aliphatic rings. The molecule has 2 rings (SSSR count). The highest BCUT2D eigenvalue weighted by Gasteiger charge is 2.33. The number of anilines is 2. The predicted octanol–water partition coefficient (Wildman–Crippen LogP) is 2.49. The number of nitrogens with one attached hydrogen (secondary N) is 2. The summed E-state index contributed by atoms with van der Waals surface area (Å²) in [7, 11) is 1.67. The van der Waals surface area contributed by atoms with Crippen LogP contribution in [0.5, 0.6) is 23.0 Å². The van der Waals surface area contributed by atoms with Crippen LogP contribution in [0.15, 0.2) is 36.4 Å². The first-order valence-electron chi connectivity index (χ1n) is 9.95. The molecule has 0 spiro atoms. The zero-order valence-electron chi connectivity index (χ0n) is 19.1. The van der Waals surface area contributed by atoms with Crippen LogP contribution in [0.2, 0.25) is 0 Å². The molecule has 2 amide bonds. The first-order chi connectivity index (χ1) is 15.7. The number of amides is 2. The molecular weight excluding hydrogens is 452 g/mol. The molecule has 2 aromatic carbocycles. The Hall–Kier alpha value is -3.47. The molecule has 0 aliphatic heterocycles. The van der Waals surface area contributed by atoms with Gasteiger partial charge in [-0.05, 0) is 30.7 Å². The number of hydrogen-bond acceptors (Lipinski definition) is 8. The van der Waals surface area contributed by atoms with Crippen molar-refractivity contribution in [3.8, 4) is 23.0 Å². The number of benzene rings is 2. The van der Waals surface area contributed by atoms with Crippen LogP contribution in [-0.2, 0) is 19.4 Å². The second kappa shape index (κ2) is 11.4. The van der Waals surface area contributed by atoms with E-state index in [1.807, 2.05) is 0 Å². The zero-order chi connectivity index (χ0) is 24.6. The third-order valence-corrected chi connectivity index (χ3v) is 6.84. The van der Waals surface area contributed by atoms with Gasteiger partial charge in [-0.1, -0.05) is 6.92 Å². The maximum absolute atomic E-state index is 12.9. The maximum atomic E-state index is 12.9. The molecule has 180 valence electrons. The number of rotatable bonds is 11. The fourth-order valence-electron chi connectivity index (χ4n) is 3.12. The Morgan fingerprint density at radius 1 is 0.848 bits per heavy atom. The van der Waals surface area contributed by atoms with Crippen molar-refractivity contribution in [1.82, 2.24) is 0 Å². The molecule has 0 fully saturated rings. The van der Waals surface area contributed by atoms with Crippen LogP contribution >= 0.6 is 0 Å². The fourth-order valence-corrected chi connectivity index (χ4v) is 4.65. The Labute approximate surface area is 193 Å². The average Bonchev–Trinajstić information content (AvgIpc) is 2.78. The van der Waals surface area contributed by atoms with Gasteiger partial charge in [-0.25, -0.2) is 8.42 Å². The van der Waals surface area contributed by atoms with E-state index >= 15 is 0 Å². The van der Waals surface area contributed by atoms with Crippen LogP contribution in [0.25, 0.3) is 0 Å². The van der Waals surface area contributed by atoms with E-state index in [0.29, 0.717) is 28.7 Å². The van der Waals surface area contributed by atoms with Crippen LogP contribution in [0.4, 0.5) is 11.4 Å². The van der Waals surface area contributed by atoms with Crippen molar-refractivity contribution in [2.75, 3.05) is 44.8 Å². The molecule has 0 radical (unpaired) electrons. The predicted molar refractivity (Wildman–Crippen MR) is 124 cm³/mol. The number of sulfone groups is 1. The number of hydrogen-bond donors (Lipinski definition) is 2. The second-order valence-electron chi connectivity index (χ2n) is 6.88. The van der Waals surface area contributed by atoms with Gasteiger partial charge in [-0.2, -0.15) is 0 Å². The van der Waals surface area contributed by atoms with E-state index in [4.69, 9.17) is 18.9 Å². The summed E-state index contributed by atoms with van der Waals surface area (Å²) in [5.74, 6) is -0.813. The normalized spacial score (nSPS) is 11.8. The molecule has 0 aliphatic carbocycles. The fraction of sp³-hybridized carbons (Fsp3) is 0.364. The van der Waals surface area contributed by atoms with E-state index in [1.54, 1.807) is 31.2 Å². The Kier molecular flexibility index (Phi) is 8.92. The third kappa shape index (κ3) is 6.51. The topological polar surface area (TPSA) is 129 Å². The minimum atomic E-state index is -4.13. The smallest absolute Gasteiger partial charge is 0.242 e. The van der Waals surface area contributed by atoms with E-state index in [1.165, 1.54) is 40.6 Å². The largest absolute Gasteiger partial charge is 0.497 e. The average molecular weight is 481 g/mol. The quantitative estimate of drug-likeness (QED) is 0.502. The van der Waals surface area contributed by atoms with Gasteiger partial charge in [0, 0.05) is 17.8 Å². The van der Waals surface area contributed by atoms with Gasteiger partial charge in [0.1, 0.15) is 22.5 Å². The molecule has 2 N–H and O–H groups in total. The van der Waals surface area contributed by atoms with Gasteiger partial charge in [0.15, 0.2) is 21.3 Å². The number of carbonyl (C=O) groups is 2. The highest BCUT2D eigenvalue weighted by atomic mass is 32.2. The lowest BCUT2D eigenvalue weighted by Crippen LogP contribution is -2.39. The maximum Gasteiger partial charge on any atom is 0.242 e. The van der Waals surface area contributed by atoms with Gasteiger partial charge < -0.3 is 29.6 Å². The van der Waals surface area contributed by atoms with Crippen molar-refractivity contribution >= 4 is 33.0 Å². The Balaban J connectivity index is 2.15. The minimum absolute atomic E-state index is 0.0237. The summed E-state index contributed by atoms with van der Waals surface area (Å²) < 4.78 is 46.4. The van der Waals surface area contributed by atoms with Gasteiger partial charge in [-0.3, -0.25) is 9.59 Å². The van der Waals surface area contributed by atoms with E-state index in [0.717, 1.165) is 0 Å². The third-order valence-electron chi connectivity index (χ3n) is 4.76. The van der Waals surface area contributed by atoms with Crippen LogP contribution in [0, 0.1) is 0 Å². The molecule has 33 heavy (non-hydrogen) atoms. The first-order valence-corrected chi connectivity index (χ1v) is 11.7. The lowest BCUT2D eigenvalue weighted by Gasteiger charge is -2.18. The number of carbonyl (C=O) groups excluding carboxylic acids is 2. The molecular formula is C22H28N2O8S. The van der Waals surface area contributed by atoms with Crippen molar-refractivity contribution in [1.29, 1.82) is 0 Å². The molecule has 10 nitrogen and oxygen atoms in total. The van der Waals surface area contributed by atoms with Gasteiger partial charge in [0.2, 0.25) is 11.8 Å². The molecule has 2 aromatic rings. The van der Waals surface area contributed by atoms with Gasteiger partial charge in [0.25, 0.3) is 0 Å². The summed E-state index contributed by atoms with van der Waals surface area (Å²) in [6.07, 6.45) is -0.0237. The molecule has 1 unspecified atom stereocenters. The lowest BCUT2D eigenvalue weighted by atomic mass is 10.2. The minimum Gasteiger partial charge on any atom is -0.497 e. The molecule has 0 bridgehead atoms.